The van der Waals surface area contributed by atoms with Gasteiger partial charge in [-0.15, -0.1) is 11.8 Å². The van der Waals surface area contributed by atoms with Gasteiger partial charge in [-0.2, -0.15) is 0 Å². The number of benzene rings is 1. The maximum absolute atomic E-state index is 10.8. The highest BCUT2D eigenvalue weighted by Crippen LogP contribution is 2.34. The Labute approximate surface area is 107 Å². The quantitative estimate of drug-likeness (QED) is 0.507. The van der Waals surface area contributed by atoms with Gasteiger partial charge in [0.05, 0.1) is 16.2 Å². The van der Waals surface area contributed by atoms with E-state index in [1.807, 2.05) is 0 Å². The van der Waals surface area contributed by atoms with E-state index in [2.05, 4.69) is 0 Å². The Balaban J connectivity index is 2.90. The largest absolute Gasteiger partial charge is 0.481 e. The van der Waals surface area contributed by atoms with E-state index in [4.69, 9.17) is 16.7 Å². The number of aliphatic carboxylic acids is 1. The van der Waals surface area contributed by atoms with E-state index in [0.29, 0.717) is 4.90 Å². The van der Waals surface area contributed by atoms with Crippen molar-refractivity contribution in [2.45, 2.75) is 23.5 Å². The van der Waals surface area contributed by atoms with Gasteiger partial charge < -0.3 is 5.11 Å². The molecule has 0 bridgehead atoms. The van der Waals surface area contributed by atoms with Crippen LogP contribution in [0.1, 0.15) is 13.3 Å². The van der Waals surface area contributed by atoms with Crippen molar-refractivity contribution >= 4 is 35.0 Å². The van der Waals surface area contributed by atoms with Gasteiger partial charge in [0, 0.05) is 16.3 Å². The molecule has 1 N–H and O–H groups in total. The van der Waals surface area contributed by atoms with E-state index < -0.39 is 10.9 Å². The Bertz CT molecular complexity index is 452. The van der Waals surface area contributed by atoms with Crippen molar-refractivity contribution in [3.8, 4) is 0 Å². The van der Waals surface area contributed by atoms with Gasteiger partial charge in [0.2, 0.25) is 0 Å². The highest BCUT2D eigenvalue weighted by atomic mass is 35.5. The highest BCUT2D eigenvalue weighted by Gasteiger charge is 2.18. The zero-order chi connectivity index (χ0) is 13.0. The molecule has 1 aromatic carbocycles. The summed E-state index contributed by atoms with van der Waals surface area (Å²) in [6.45, 7) is 1.71. The molecule has 7 heteroatoms. The number of halogens is 1. The van der Waals surface area contributed by atoms with E-state index >= 15 is 0 Å². The third kappa shape index (κ3) is 4.24. The number of hydrogen-bond acceptors (Lipinski definition) is 4. The molecule has 0 aliphatic heterocycles. The van der Waals surface area contributed by atoms with Crippen molar-refractivity contribution in [2.24, 2.45) is 0 Å². The van der Waals surface area contributed by atoms with E-state index in [1.54, 1.807) is 13.0 Å². The SMILES string of the molecule is CC(CC(=O)O)Sc1ccc(Cl)cc1[N+](=O)[O-]. The summed E-state index contributed by atoms with van der Waals surface area (Å²) in [5, 5.41) is 19.5. The van der Waals surface area contributed by atoms with Crippen molar-refractivity contribution in [2.75, 3.05) is 0 Å². The molecule has 92 valence electrons. The van der Waals surface area contributed by atoms with Crippen molar-refractivity contribution < 1.29 is 14.8 Å². The highest BCUT2D eigenvalue weighted by molar-refractivity contribution is 8.00. The van der Waals surface area contributed by atoms with E-state index in [-0.39, 0.29) is 22.4 Å². The Kier molecular flexibility index (Phi) is 4.77. The molecule has 0 fully saturated rings. The molecule has 0 heterocycles. The number of carboxylic acids is 1. The average Bonchev–Trinajstić information content (AvgIpc) is 2.19. The average molecular weight is 276 g/mol. The molecule has 0 aromatic heterocycles. The summed E-state index contributed by atoms with van der Waals surface area (Å²) >= 11 is 6.83. The molecule has 0 radical (unpaired) electrons. The fourth-order valence-corrected chi connectivity index (χ4v) is 2.46. The van der Waals surface area contributed by atoms with Crippen LogP contribution in [0.3, 0.4) is 0 Å². The minimum Gasteiger partial charge on any atom is -0.481 e. The molecular formula is C10H10ClNO4S. The molecule has 1 unspecified atom stereocenters. The van der Waals surface area contributed by atoms with Gasteiger partial charge in [-0.3, -0.25) is 14.9 Å². The summed E-state index contributed by atoms with van der Waals surface area (Å²) < 4.78 is 0. The minimum absolute atomic E-state index is 0.0511. The van der Waals surface area contributed by atoms with E-state index in [0.717, 1.165) is 11.8 Å². The van der Waals surface area contributed by atoms with Gasteiger partial charge in [0.1, 0.15) is 0 Å². The van der Waals surface area contributed by atoms with Crippen LogP contribution in [0.4, 0.5) is 5.69 Å². The van der Waals surface area contributed by atoms with Crippen molar-refractivity contribution in [3.63, 3.8) is 0 Å². The molecule has 5 nitrogen and oxygen atoms in total. The molecule has 0 amide bonds. The molecule has 1 atom stereocenters. The zero-order valence-corrected chi connectivity index (χ0v) is 10.5. The van der Waals surface area contributed by atoms with Crippen LogP contribution in [0.5, 0.6) is 0 Å². The Morgan fingerprint density at radius 3 is 2.82 bits per heavy atom. The molecule has 0 saturated heterocycles. The smallest absolute Gasteiger partial charge is 0.304 e. The molecule has 0 spiro atoms. The van der Waals surface area contributed by atoms with Gasteiger partial charge >= 0.3 is 5.97 Å². The first-order valence-electron chi connectivity index (χ1n) is 4.72. The van der Waals surface area contributed by atoms with Gasteiger partial charge in [0.25, 0.3) is 5.69 Å². The number of nitro benzene ring substituents is 1. The normalized spacial score (nSPS) is 12.1. The van der Waals surface area contributed by atoms with Crippen LogP contribution in [0.25, 0.3) is 0 Å². The van der Waals surface area contributed by atoms with Crippen LogP contribution in [-0.4, -0.2) is 21.2 Å². The monoisotopic (exact) mass is 275 g/mol. The van der Waals surface area contributed by atoms with Crippen LogP contribution in [0.15, 0.2) is 23.1 Å². The molecule has 0 aliphatic rings. The lowest BCUT2D eigenvalue weighted by molar-refractivity contribution is -0.387. The summed E-state index contributed by atoms with van der Waals surface area (Å²) in [5.74, 6) is -0.929. The molecule has 0 saturated carbocycles. The number of hydrogen-bond donors (Lipinski definition) is 1. The number of nitrogens with zero attached hydrogens (tertiary/aromatic N) is 1. The first-order valence-corrected chi connectivity index (χ1v) is 5.98. The van der Waals surface area contributed by atoms with Crippen LogP contribution in [0, 0.1) is 10.1 Å². The van der Waals surface area contributed by atoms with Crippen molar-refractivity contribution in [3.05, 3.63) is 33.3 Å². The van der Waals surface area contributed by atoms with Gasteiger partial charge in [-0.1, -0.05) is 18.5 Å². The fraction of sp³-hybridized carbons (Fsp3) is 0.300. The molecule has 1 rings (SSSR count). The van der Waals surface area contributed by atoms with Crippen LogP contribution in [0.2, 0.25) is 5.02 Å². The first kappa shape index (κ1) is 13.8. The van der Waals surface area contributed by atoms with Crippen LogP contribution < -0.4 is 0 Å². The summed E-state index contributed by atoms with van der Waals surface area (Å²) in [6, 6.07) is 4.34. The Morgan fingerprint density at radius 2 is 2.29 bits per heavy atom. The third-order valence-corrected chi connectivity index (χ3v) is 3.31. The molecule has 17 heavy (non-hydrogen) atoms. The molecular weight excluding hydrogens is 266 g/mol. The summed E-state index contributed by atoms with van der Waals surface area (Å²) in [6.07, 6.45) is -0.0511. The number of carboxylic acid groups (broad SMARTS) is 1. The van der Waals surface area contributed by atoms with Crippen LogP contribution in [-0.2, 0) is 4.79 Å². The second-order valence-electron chi connectivity index (χ2n) is 3.40. The number of nitro groups is 1. The molecule has 1 aromatic rings. The maximum atomic E-state index is 10.8. The topological polar surface area (TPSA) is 80.4 Å². The predicted octanol–water partition coefficient (Wildman–Crippen LogP) is 3.20. The third-order valence-electron chi connectivity index (χ3n) is 1.91. The number of thioether (sulfide) groups is 1. The lowest BCUT2D eigenvalue weighted by atomic mass is 10.3. The van der Waals surface area contributed by atoms with Gasteiger partial charge in [-0.05, 0) is 12.1 Å². The maximum Gasteiger partial charge on any atom is 0.304 e. The van der Waals surface area contributed by atoms with Crippen molar-refractivity contribution in [1.82, 2.24) is 0 Å². The summed E-state index contributed by atoms with van der Waals surface area (Å²) in [5.41, 5.74) is -0.0975. The van der Waals surface area contributed by atoms with Gasteiger partial charge in [-0.25, -0.2) is 0 Å². The predicted molar refractivity (Wildman–Crippen MR) is 65.7 cm³/mol. The first-order chi connectivity index (χ1) is 7.90. The Morgan fingerprint density at radius 1 is 1.65 bits per heavy atom. The summed E-state index contributed by atoms with van der Waals surface area (Å²) in [7, 11) is 0. The lowest BCUT2D eigenvalue weighted by Gasteiger charge is -2.08. The van der Waals surface area contributed by atoms with Gasteiger partial charge in [0.15, 0.2) is 0 Å². The minimum atomic E-state index is -0.929. The second kappa shape index (κ2) is 5.88. The number of carbonyl (C=O) groups is 1. The second-order valence-corrected chi connectivity index (χ2v) is 5.31. The number of rotatable bonds is 5. The van der Waals surface area contributed by atoms with Crippen molar-refractivity contribution in [1.29, 1.82) is 0 Å². The molecule has 0 aliphatic carbocycles. The van der Waals surface area contributed by atoms with E-state index in [1.165, 1.54) is 12.1 Å². The standard InChI is InChI=1S/C10H10ClNO4S/c1-6(4-10(13)14)17-9-3-2-7(11)5-8(9)12(15)16/h2-3,5-6H,4H2,1H3,(H,13,14). The van der Waals surface area contributed by atoms with Crippen LogP contribution >= 0.6 is 23.4 Å². The lowest BCUT2D eigenvalue weighted by Crippen LogP contribution is -2.05. The zero-order valence-electron chi connectivity index (χ0n) is 8.92. The van der Waals surface area contributed by atoms with E-state index in [9.17, 15) is 14.9 Å². The fourth-order valence-electron chi connectivity index (χ4n) is 1.24. The Hall–Kier alpha value is -1.27. The summed E-state index contributed by atoms with van der Waals surface area (Å²) in [4.78, 5) is 21.2.